The first-order valence-corrected chi connectivity index (χ1v) is 9.21. The zero-order valence-electron chi connectivity index (χ0n) is 14.8. The highest BCUT2D eigenvalue weighted by atomic mass is 16.6. The van der Waals surface area contributed by atoms with E-state index < -0.39 is 5.97 Å². The van der Waals surface area contributed by atoms with Gasteiger partial charge in [-0.3, -0.25) is 4.68 Å². The van der Waals surface area contributed by atoms with E-state index in [1.165, 1.54) is 12.0 Å². The highest BCUT2D eigenvalue weighted by Gasteiger charge is 2.47. The van der Waals surface area contributed by atoms with Gasteiger partial charge in [0.2, 0.25) is 5.76 Å². The second-order valence-electron chi connectivity index (χ2n) is 7.65. The maximum atomic E-state index is 11.5. The summed E-state index contributed by atoms with van der Waals surface area (Å²) < 4.78 is 18.9. The van der Waals surface area contributed by atoms with E-state index in [0.717, 1.165) is 36.3 Å². The van der Waals surface area contributed by atoms with E-state index in [4.69, 9.17) is 19.0 Å². The van der Waals surface area contributed by atoms with Crippen molar-refractivity contribution in [2.45, 2.75) is 50.7 Å². The molecule has 2 fully saturated rings. The van der Waals surface area contributed by atoms with Gasteiger partial charge in [-0.05, 0) is 19.8 Å². The number of carboxylic acid groups (broad SMARTS) is 1. The summed E-state index contributed by atoms with van der Waals surface area (Å²) in [6.45, 7) is 4.29. The van der Waals surface area contributed by atoms with Crippen LogP contribution in [0.3, 0.4) is 0 Å². The van der Waals surface area contributed by atoms with Crippen molar-refractivity contribution in [1.29, 1.82) is 0 Å². The molecular weight excluding hydrogens is 336 g/mol. The molecule has 138 valence electrons. The quantitative estimate of drug-likeness (QED) is 0.907. The van der Waals surface area contributed by atoms with Crippen molar-refractivity contribution < 1.29 is 23.8 Å². The Hall–Kier alpha value is -2.12. The van der Waals surface area contributed by atoms with E-state index in [2.05, 4.69) is 6.20 Å². The highest BCUT2D eigenvalue weighted by Crippen LogP contribution is 2.54. The highest BCUT2D eigenvalue weighted by molar-refractivity contribution is 5.90. The molecule has 2 aromatic rings. The molecule has 2 aromatic heterocycles. The van der Waals surface area contributed by atoms with Crippen LogP contribution in [0.15, 0.2) is 10.6 Å². The minimum atomic E-state index is -1.02. The lowest BCUT2D eigenvalue weighted by atomic mass is 9.59. The Morgan fingerprint density at radius 2 is 2.27 bits per heavy atom. The smallest absolute Gasteiger partial charge is 0.372 e. The van der Waals surface area contributed by atoms with Gasteiger partial charge in [0.15, 0.2) is 0 Å². The van der Waals surface area contributed by atoms with Crippen LogP contribution < -0.4 is 0 Å². The lowest BCUT2D eigenvalue weighted by molar-refractivity contribution is -0.0946. The zero-order chi connectivity index (χ0) is 17.9. The van der Waals surface area contributed by atoms with Crippen LogP contribution in [0.1, 0.15) is 46.7 Å². The SMILES string of the molecule is Cc1c(C(=O)O)oc2c1-c1nn(C[C@H]3COCCO3)cc1C1(CCC1)C2. The third-order valence-electron chi connectivity index (χ3n) is 6.07. The Kier molecular flexibility index (Phi) is 3.52. The fourth-order valence-electron chi connectivity index (χ4n) is 4.60. The molecular formula is C19H22N2O5. The first kappa shape index (κ1) is 16.1. The summed E-state index contributed by atoms with van der Waals surface area (Å²) >= 11 is 0. The number of nitrogens with zero attached hydrogens (tertiary/aromatic N) is 2. The number of fused-ring (bicyclic) bond motifs is 4. The van der Waals surface area contributed by atoms with Crippen LogP contribution >= 0.6 is 0 Å². The van der Waals surface area contributed by atoms with Crippen LogP contribution in [0.25, 0.3) is 11.3 Å². The van der Waals surface area contributed by atoms with Crippen LogP contribution in [0.5, 0.6) is 0 Å². The number of carbonyl (C=O) groups is 1. The fourth-order valence-corrected chi connectivity index (χ4v) is 4.60. The summed E-state index contributed by atoms with van der Waals surface area (Å²) in [4.78, 5) is 11.5. The molecule has 0 unspecified atom stereocenters. The van der Waals surface area contributed by atoms with E-state index in [9.17, 15) is 9.90 Å². The van der Waals surface area contributed by atoms with Crippen molar-refractivity contribution in [1.82, 2.24) is 9.78 Å². The molecule has 3 heterocycles. The van der Waals surface area contributed by atoms with Gasteiger partial charge in [-0.2, -0.15) is 5.10 Å². The number of aromatic nitrogens is 2. The number of ether oxygens (including phenoxy) is 2. The molecule has 26 heavy (non-hydrogen) atoms. The van der Waals surface area contributed by atoms with Crippen molar-refractivity contribution in [3.63, 3.8) is 0 Å². The minimum absolute atomic E-state index is 0.00180. The van der Waals surface area contributed by atoms with Gasteiger partial charge in [0, 0.05) is 34.7 Å². The predicted molar refractivity (Wildman–Crippen MR) is 91.4 cm³/mol. The standard InChI is InChI=1S/C19H22N2O5/c1-11-15-14(26-17(11)18(22)23)7-19(3-2-4-19)13-9-21(20-16(13)15)8-12-10-24-5-6-25-12/h9,12H,2-8,10H2,1H3,(H,22,23)/t12-/m0/s1. The minimum Gasteiger partial charge on any atom is -0.475 e. The molecule has 1 atom stereocenters. The number of hydrogen-bond acceptors (Lipinski definition) is 5. The molecule has 3 aliphatic rings. The summed E-state index contributed by atoms with van der Waals surface area (Å²) in [7, 11) is 0. The molecule has 1 saturated carbocycles. The molecule has 1 saturated heterocycles. The molecule has 7 nitrogen and oxygen atoms in total. The molecule has 0 bridgehead atoms. The second-order valence-corrected chi connectivity index (χ2v) is 7.65. The lowest BCUT2D eigenvalue weighted by Gasteiger charge is -2.43. The molecule has 1 N–H and O–H groups in total. The first-order chi connectivity index (χ1) is 12.6. The maximum absolute atomic E-state index is 11.5. The summed E-state index contributed by atoms with van der Waals surface area (Å²) in [5.74, 6) is -0.209. The number of aromatic carboxylic acids is 1. The van der Waals surface area contributed by atoms with Gasteiger partial charge < -0.3 is 19.0 Å². The summed E-state index contributed by atoms with van der Waals surface area (Å²) in [6.07, 6.45) is 6.26. The maximum Gasteiger partial charge on any atom is 0.372 e. The summed E-state index contributed by atoms with van der Waals surface area (Å²) in [5.41, 5.74) is 3.70. The van der Waals surface area contributed by atoms with Crippen LogP contribution in [-0.2, 0) is 27.9 Å². The number of furan rings is 1. The largest absolute Gasteiger partial charge is 0.475 e. The third-order valence-corrected chi connectivity index (χ3v) is 6.07. The van der Waals surface area contributed by atoms with Gasteiger partial charge in [0.25, 0.3) is 0 Å². The molecule has 0 amide bonds. The normalized spacial score (nSPS) is 23.3. The molecule has 7 heteroatoms. The monoisotopic (exact) mass is 358 g/mol. The van der Waals surface area contributed by atoms with E-state index in [1.54, 1.807) is 0 Å². The molecule has 1 aliphatic heterocycles. The Labute approximate surface area is 150 Å². The van der Waals surface area contributed by atoms with Gasteiger partial charge in [0.1, 0.15) is 11.9 Å². The number of carboxylic acids is 1. The van der Waals surface area contributed by atoms with Gasteiger partial charge >= 0.3 is 5.97 Å². The van der Waals surface area contributed by atoms with Crippen molar-refractivity contribution in [3.05, 3.63) is 28.8 Å². The third kappa shape index (κ3) is 2.27. The molecule has 2 aliphatic carbocycles. The topological polar surface area (TPSA) is 86.7 Å². The molecule has 1 spiro atoms. The van der Waals surface area contributed by atoms with Crippen LogP contribution in [0.4, 0.5) is 0 Å². The zero-order valence-corrected chi connectivity index (χ0v) is 14.8. The Bertz CT molecular complexity index is 871. The average Bonchev–Trinajstić information content (AvgIpc) is 3.14. The van der Waals surface area contributed by atoms with E-state index in [1.807, 2.05) is 11.6 Å². The number of rotatable bonds is 3. The van der Waals surface area contributed by atoms with Gasteiger partial charge in [-0.1, -0.05) is 6.42 Å². The number of hydrogen-bond donors (Lipinski definition) is 1. The van der Waals surface area contributed by atoms with Crippen molar-refractivity contribution in [3.8, 4) is 11.3 Å². The second kappa shape index (κ2) is 5.69. The van der Waals surface area contributed by atoms with E-state index >= 15 is 0 Å². The van der Waals surface area contributed by atoms with Crippen LogP contribution in [0.2, 0.25) is 0 Å². The molecule has 5 rings (SSSR count). The summed E-state index contributed by atoms with van der Waals surface area (Å²) in [6, 6.07) is 0. The van der Waals surface area contributed by atoms with Gasteiger partial charge in [-0.15, -0.1) is 0 Å². The first-order valence-electron chi connectivity index (χ1n) is 9.21. The lowest BCUT2D eigenvalue weighted by Crippen LogP contribution is -2.38. The predicted octanol–water partition coefficient (Wildman–Crippen LogP) is 2.54. The van der Waals surface area contributed by atoms with Crippen molar-refractivity contribution in [2.24, 2.45) is 0 Å². The van der Waals surface area contributed by atoms with E-state index in [0.29, 0.717) is 31.9 Å². The van der Waals surface area contributed by atoms with Crippen LogP contribution in [-0.4, -0.2) is 46.8 Å². The Morgan fingerprint density at radius 3 is 2.92 bits per heavy atom. The van der Waals surface area contributed by atoms with Crippen LogP contribution in [0, 0.1) is 6.92 Å². The van der Waals surface area contributed by atoms with Gasteiger partial charge in [0.05, 0.1) is 32.1 Å². The Balaban J connectivity index is 1.57. The molecule has 0 aromatic carbocycles. The Morgan fingerprint density at radius 1 is 1.42 bits per heavy atom. The fraction of sp³-hybridized carbons (Fsp3) is 0.579. The average molecular weight is 358 g/mol. The van der Waals surface area contributed by atoms with Crippen molar-refractivity contribution in [2.75, 3.05) is 19.8 Å². The molecule has 0 radical (unpaired) electrons. The van der Waals surface area contributed by atoms with Crippen molar-refractivity contribution >= 4 is 5.97 Å². The van der Waals surface area contributed by atoms with Gasteiger partial charge in [-0.25, -0.2) is 4.79 Å². The summed E-state index contributed by atoms with van der Waals surface area (Å²) in [5, 5.41) is 14.3. The van der Waals surface area contributed by atoms with E-state index in [-0.39, 0.29) is 17.3 Å².